The molecule has 1 saturated heterocycles. The Labute approximate surface area is 132 Å². The monoisotopic (exact) mass is 319 g/mol. The molecule has 1 amide bonds. The molecule has 0 radical (unpaired) electrons. The van der Waals surface area contributed by atoms with E-state index in [9.17, 15) is 4.79 Å². The third-order valence-electron chi connectivity index (χ3n) is 3.46. The highest BCUT2D eigenvalue weighted by Crippen LogP contribution is 2.13. The van der Waals surface area contributed by atoms with E-state index < -0.39 is 0 Å². The molecule has 1 fully saturated rings. The van der Waals surface area contributed by atoms with Crippen molar-refractivity contribution in [3.8, 4) is 0 Å². The van der Waals surface area contributed by atoms with Gasteiger partial charge < -0.3 is 10.6 Å². The minimum atomic E-state index is -0.0585. The fourth-order valence-corrected chi connectivity index (χ4v) is 2.37. The molecule has 1 atom stereocenters. The summed E-state index contributed by atoms with van der Waals surface area (Å²) in [7, 11) is 0. The maximum Gasteiger partial charge on any atom is 0.270 e. The van der Waals surface area contributed by atoms with Crippen LogP contribution in [0.25, 0.3) is 0 Å². The van der Waals surface area contributed by atoms with Gasteiger partial charge in [0.1, 0.15) is 5.69 Å². The zero-order valence-corrected chi connectivity index (χ0v) is 13.4. The van der Waals surface area contributed by atoms with Gasteiger partial charge >= 0.3 is 0 Å². The molecule has 0 saturated carbocycles. The van der Waals surface area contributed by atoms with E-state index in [0.717, 1.165) is 31.6 Å². The Kier molecular flexibility index (Phi) is 9.55. The van der Waals surface area contributed by atoms with Crippen molar-refractivity contribution in [3.05, 3.63) is 29.6 Å². The van der Waals surface area contributed by atoms with E-state index in [1.54, 1.807) is 6.20 Å². The third kappa shape index (κ3) is 5.65. The Morgan fingerprint density at radius 1 is 1.50 bits per heavy atom. The van der Waals surface area contributed by atoms with Crippen LogP contribution in [-0.4, -0.2) is 30.5 Å². The Morgan fingerprint density at radius 2 is 2.30 bits per heavy atom. The lowest BCUT2D eigenvalue weighted by Gasteiger charge is -2.22. The highest BCUT2D eigenvalue weighted by atomic mass is 35.5. The second-order valence-corrected chi connectivity index (χ2v) is 4.93. The van der Waals surface area contributed by atoms with Crippen LogP contribution in [0, 0.1) is 12.8 Å². The molecule has 114 valence electrons. The topological polar surface area (TPSA) is 54.0 Å². The summed E-state index contributed by atoms with van der Waals surface area (Å²) < 4.78 is 0. The third-order valence-corrected chi connectivity index (χ3v) is 3.46. The number of halogens is 2. The molecule has 1 aromatic rings. The van der Waals surface area contributed by atoms with Gasteiger partial charge in [-0.1, -0.05) is 6.07 Å². The number of hydrogen-bond donors (Lipinski definition) is 2. The van der Waals surface area contributed by atoms with Gasteiger partial charge in [-0.05, 0) is 56.8 Å². The summed E-state index contributed by atoms with van der Waals surface area (Å²) in [5.74, 6) is 0.640. The van der Waals surface area contributed by atoms with Gasteiger partial charge in [-0.2, -0.15) is 0 Å². The number of piperidine rings is 1. The first-order chi connectivity index (χ1) is 8.77. The lowest BCUT2D eigenvalue weighted by molar-refractivity contribution is 0.0945. The van der Waals surface area contributed by atoms with Crippen molar-refractivity contribution >= 4 is 30.7 Å². The molecular weight excluding hydrogens is 297 g/mol. The first-order valence-electron chi connectivity index (χ1n) is 6.68. The first kappa shape index (κ1) is 19.2. The van der Waals surface area contributed by atoms with Crippen LogP contribution in [0.5, 0.6) is 0 Å². The van der Waals surface area contributed by atoms with Crippen LogP contribution in [0.4, 0.5) is 0 Å². The molecular formula is C14H23Cl2N3O. The van der Waals surface area contributed by atoms with Crippen LogP contribution in [0.2, 0.25) is 0 Å². The number of aromatic nitrogens is 1. The van der Waals surface area contributed by atoms with Gasteiger partial charge in [-0.25, -0.2) is 0 Å². The van der Waals surface area contributed by atoms with E-state index in [2.05, 4.69) is 15.6 Å². The molecule has 1 aliphatic heterocycles. The number of hydrogen-bond acceptors (Lipinski definition) is 3. The second-order valence-electron chi connectivity index (χ2n) is 4.93. The molecule has 1 aromatic heterocycles. The van der Waals surface area contributed by atoms with E-state index in [0.29, 0.717) is 11.6 Å². The maximum atomic E-state index is 11.9. The fraction of sp³-hybridized carbons (Fsp3) is 0.571. The van der Waals surface area contributed by atoms with Crippen molar-refractivity contribution in [1.82, 2.24) is 15.6 Å². The maximum absolute atomic E-state index is 11.9. The van der Waals surface area contributed by atoms with Crippen molar-refractivity contribution < 1.29 is 4.79 Å². The smallest absolute Gasteiger partial charge is 0.270 e. The van der Waals surface area contributed by atoms with Crippen LogP contribution in [0.15, 0.2) is 18.3 Å². The number of pyridine rings is 1. The van der Waals surface area contributed by atoms with Crippen LogP contribution >= 0.6 is 24.8 Å². The standard InChI is InChI=1S/C14H21N3O.2ClH/c1-11-4-2-8-16-13(11)14(18)17-9-6-12-5-3-7-15-10-12;;/h2,4,8,12,15H,3,5-7,9-10H2,1H3,(H,17,18);2*1H. The zero-order valence-electron chi connectivity index (χ0n) is 11.7. The number of aryl methyl sites for hydroxylation is 1. The molecule has 0 aromatic carbocycles. The highest BCUT2D eigenvalue weighted by molar-refractivity contribution is 5.93. The summed E-state index contributed by atoms with van der Waals surface area (Å²) >= 11 is 0. The molecule has 1 unspecified atom stereocenters. The number of amides is 1. The summed E-state index contributed by atoms with van der Waals surface area (Å²) in [6.45, 7) is 4.86. The highest BCUT2D eigenvalue weighted by Gasteiger charge is 2.14. The number of carbonyl (C=O) groups is 1. The quantitative estimate of drug-likeness (QED) is 0.895. The Hall–Kier alpha value is -0.840. The predicted octanol–water partition coefficient (Wildman–Crippen LogP) is 2.35. The average molecular weight is 320 g/mol. The van der Waals surface area contributed by atoms with Gasteiger partial charge in [-0.3, -0.25) is 9.78 Å². The summed E-state index contributed by atoms with van der Waals surface area (Å²) in [6, 6.07) is 3.76. The number of rotatable bonds is 4. The summed E-state index contributed by atoms with van der Waals surface area (Å²) in [5.41, 5.74) is 1.47. The van der Waals surface area contributed by atoms with Crippen molar-refractivity contribution in [2.45, 2.75) is 26.2 Å². The van der Waals surface area contributed by atoms with Crippen molar-refractivity contribution in [2.24, 2.45) is 5.92 Å². The van der Waals surface area contributed by atoms with Crippen molar-refractivity contribution in [3.63, 3.8) is 0 Å². The van der Waals surface area contributed by atoms with Gasteiger partial charge in [0.25, 0.3) is 5.91 Å². The summed E-state index contributed by atoms with van der Waals surface area (Å²) in [6.07, 6.45) is 5.22. The first-order valence-corrected chi connectivity index (χ1v) is 6.68. The van der Waals surface area contributed by atoms with Crippen LogP contribution in [0.1, 0.15) is 35.3 Å². The number of carbonyl (C=O) groups excluding carboxylic acids is 1. The van der Waals surface area contributed by atoms with Gasteiger partial charge in [-0.15, -0.1) is 24.8 Å². The Bertz CT molecular complexity index is 409. The van der Waals surface area contributed by atoms with E-state index in [1.807, 2.05) is 19.1 Å². The van der Waals surface area contributed by atoms with E-state index in [4.69, 9.17) is 0 Å². The van der Waals surface area contributed by atoms with Gasteiger partial charge in [0, 0.05) is 12.7 Å². The molecule has 20 heavy (non-hydrogen) atoms. The molecule has 4 nitrogen and oxygen atoms in total. The minimum Gasteiger partial charge on any atom is -0.351 e. The van der Waals surface area contributed by atoms with E-state index in [-0.39, 0.29) is 30.7 Å². The van der Waals surface area contributed by atoms with Crippen LogP contribution < -0.4 is 10.6 Å². The van der Waals surface area contributed by atoms with E-state index in [1.165, 1.54) is 12.8 Å². The van der Waals surface area contributed by atoms with Gasteiger partial charge in [0.15, 0.2) is 0 Å². The Morgan fingerprint density at radius 3 is 2.95 bits per heavy atom. The molecule has 2 N–H and O–H groups in total. The molecule has 2 heterocycles. The van der Waals surface area contributed by atoms with E-state index >= 15 is 0 Å². The average Bonchev–Trinajstić information content (AvgIpc) is 2.40. The SMILES string of the molecule is Cc1cccnc1C(=O)NCCC1CCCNC1.Cl.Cl. The zero-order chi connectivity index (χ0) is 12.8. The minimum absolute atomic E-state index is 0. The molecule has 2 rings (SSSR count). The molecule has 0 spiro atoms. The normalized spacial score (nSPS) is 17.6. The number of nitrogens with zero attached hydrogens (tertiary/aromatic N) is 1. The second kappa shape index (κ2) is 9.97. The summed E-state index contributed by atoms with van der Waals surface area (Å²) in [4.78, 5) is 16.0. The fourth-order valence-electron chi connectivity index (χ4n) is 2.37. The van der Waals surface area contributed by atoms with Crippen LogP contribution in [-0.2, 0) is 0 Å². The molecule has 1 aliphatic rings. The largest absolute Gasteiger partial charge is 0.351 e. The molecule has 0 bridgehead atoms. The van der Waals surface area contributed by atoms with Crippen molar-refractivity contribution in [1.29, 1.82) is 0 Å². The molecule has 6 heteroatoms. The van der Waals surface area contributed by atoms with Crippen LogP contribution in [0.3, 0.4) is 0 Å². The summed E-state index contributed by atoms with van der Waals surface area (Å²) in [5, 5.41) is 6.35. The van der Waals surface area contributed by atoms with Gasteiger partial charge in [0.05, 0.1) is 0 Å². The van der Waals surface area contributed by atoms with Crippen molar-refractivity contribution in [2.75, 3.05) is 19.6 Å². The number of nitrogens with one attached hydrogen (secondary N) is 2. The lowest BCUT2D eigenvalue weighted by Crippen LogP contribution is -2.33. The predicted molar refractivity (Wildman–Crippen MR) is 86.0 cm³/mol. The Balaban J connectivity index is 0.00000180. The molecule has 0 aliphatic carbocycles. The van der Waals surface area contributed by atoms with Gasteiger partial charge in [0.2, 0.25) is 0 Å². The lowest BCUT2D eigenvalue weighted by atomic mass is 9.96.